The van der Waals surface area contributed by atoms with Crippen LogP contribution in [-0.4, -0.2) is 13.4 Å². The minimum absolute atomic E-state index is 0.275. The highest BCUT2D eigenvalue weighted by Gasteiger charge is 1.90. The van der Waals surface area contributed by atoms with Crippen LogP contribution in [-0.2, 0) is 4.74 Å². The molecular weight excluding hydrogens is 164 g/mol. The van der Waals surface area contributed by atoms with Gasteiger partial charge in [0.1, 0.15) is 5.75 Å². The van der Waals surface area contributed by atoms with Crippen LogP contribution in [0.5, 0.6) is 5.75 Å². The summed E-state index contributed by atoms with van der Waals surface area (Å²) < 4.78 is 10.5. The second-order valence-corrected chi connectivity index (χ2v) is 2.88. The van der Waals surface area contributed by atoms with Gasteiger partial charge in [-0.3, -0.25) is 0 Å². The van der Waals surface area contributed by atoms with Crippen molar-refractivity contribution in [2.45, 2.75) is 6.92 Å². The molecule has 0 aliphatic carbocycles. The SMILES string of the molecule is C=C(C)COCOc1ccccc1. The van der Waals surface area contributed by atoms with Gasteiger partial charge in [0.25, 0.3) is 0 Å². The van der Waals surface area contributed by atoms with E-state index in [1.807, 2.05) is 37.3 Å². The molecule has 70 valence electrons. The normalized spacial score (nSPS) is 9.62. The molecule has 0 amide bonds. The molecule has 0 aromatic heterocycles. The molecule has 0 atom stereocenters. The molecular formula is C11H14O2. The lowest BCUT2D eigenvalue weighted by atomic mass is 10.3. The van der Waals surface area contributed by atoms with Crippen molar-refractivity contribution in [3.05, 3.63) is 42.5 Å². The Morgan fingerprint density at radius 3 is 2.62 bits per heavy atom. The van der Waals surface area contributed by atoms with Crippen LogP contribution >= 0.6 is 0 Å². The van der Waals surface area contributed by atoms with Crippen molar-refractivity contribution in [1.29, 1.82) is 0 Å². The molecule has 0 heterocycles. The summed E-state index contributed by atoms with van der Waals surface area (Å²) in [5.74, 6) is 0.823. The molecule has 0 bridgehead atoms. The van der Waals surface area contributed by atoms with Crippen molar-refractivity contribution in [1.82, 2.24) is 0 Å². The standard InChI is InChI=1S/C11H14O2/c1-10(2)8-12-9-13-11-6-4-3-5-7-11/h3-7H,1,8-9H2,2H3. The zero-order chi connectivity index (χ0) is 9.52. The first kappa shape index (κ1) is 9.81. The predicted molar refractivity (Wildman–Crippen MR) is 52.7 cm³/mol. The highest BCUT2D eigenvalue weighted by atomic mass is 16.7. The monoisotopic (exact) mass is 178 g/mol. The van der Waals surface area contributed by atoms with Gasteiger partial charge in [0.2, 0.25) is 0 Å². The van der Waals surface area contributed by atoms with Gasteiger partial charge in [-0.05, 0) is 19.1 Å². The van der Waals surface area contributed by atoms with Gasteiger partial charge in [-0.1, -0.05) is 30.4 Å². The summed E-state index contributed by atoms with van der Waals surface area (Å²) in [6.07, 6.45) is 0. The zero-order valence-corrected chi connectivity index (χ0v) is 7.82. The summed E-state index contributed by atoms with van der Waals surface area (Å²) in [6, 6.07) is 9.58. The average molecular weight is 178 g/mol. The Morgan fingerprint density at radius 2 is 2.00 bits per heavy atom. The Labute approximate surface area is 78.8 Å². The van der Waals surface area contributed by atoms with E-state index in [-0.39, 0.29) is 6.79 Å². The van der Waals surface area contributed by atoms with Crippen molar-refractivity contribution < 1.29 is 9.47 Å². The molecule has 0 unspecified atom stereocenters. The third kappa shape index (κ3) is 4.33. The fraction of sp³-hybridized carbons (Fsp3) is 0.273. The minimum Gasteiger partial charge on any atom is -0.468 e. The lowest BCUT2D eigenvalue weighted by Gasteiger charge is -2.06. The van der Waals surface area contributed by atoms with E-state index in [2.05, 4.69) is 6.58 Å². The zero-order valence-electron chi connectivity index (χ0n) is 7.82. The van der Waals surface area contributed by atoms with Crippen LogP contribution in [0, 0.1) is 0 Å². The van der Waals surface area contributed by atoms with Crippen molar-refractivity contribution in [2.75, 3.05) is 13.4 Å². The molecule has 1 rings (SSSR count). The summed E-state index contributed by atoms with van der Waals surface area (Å²) in [5.41, 5.74) is 0.997. The maximum Gasteiger partial charge on any atom is 0.189 e. The van der Waals surface area contributed by atoms with Gasteiger partial charge in [-0.15, -0.1) is 0 Å². The van der Waals surface area contributed by atoms with Crippen LogP contribution < -0.4 is 4.74 Å². The molecule has 0 N–H and O–H groups in total. The minimum atomic E-state index is 0.275. The van der Waals surface area contributed by atoms with Gasteiger partial charge in [-0.25, -0.2) is 0 Å². The van der Waals surface area contributed by atoms with Crippen LogP contribution in [0.3, 0.4) is 0 Å². The predicted octanol–water partition coefficient (Wildman–Crippen LogP) is 2.62. The molecule has 0 spiro atoms. The van der Waals surface area contributed by atoms with Crippen molar-refractivity contribution >= 4 is 0 Å². The van der Waals surface area contributed by atoms with Gasteiger partial charge in [0.05, 0.1) is 6.61 Å². The van der Waals surface area contributed by atoms with E-state index in [4.69, 9.17) is 9.47 Å². The maximum absolute atomic E-state index is 5.29. The third-order valence-electron chi connectivity index (χ3n) is 1.40. The van der Waals surface area contributed by atoms with Gasteiger partial charge in [-0.2, -0.15) is 0 Å². The summed E-state index contributed by atoms with van der Waals surface area (Å²) >= 11 is 0. The first-order valence-corrected chi connectivity index (χ1v) is 4.19. The summed E-state index contributed by atoms with van der Waals surface area (Å²) in [5, 5.41) is 0. The first-order chi connectivity index (χ1) is 6.29. The Morgan fingerprint density at radius 1 is 1.31 bits per heavy atom. The number of ether oxygens (including phenoxy) is 2. The van der Waals surface area contributed by atoms with Crippen LogP contribution in [0.4, 0.5) is 0 Å². The number of benzene rings is 1. The average Bonchev–Trinajstić information content (AvgIpc) is 2.14. The van der Waals surface area contributed by atoms with E-state index in [9.17, 15) is 0 Å². The number of hydrogen-bond acceptors (Lipinski definition) is 2. The molecule has 2 nitrogen and oxygen atoms in total. The Hall–Kier alpha value is -1.28. The number of para-hydroxylation sites is 1. The molecule has 0 aliphatic rings. The van der Waals surface area contributed by atoms with Crippen molar-refractivity contribution in [3.63, 3.8) is 0 Å². The third-order valence-corrected chi connectivity index (χ3v) is 1.40. The molecule has 1 aromatic rings. The lowest BCUT2D eigenvalue weighted by molar-refractivity contribution is 0.0275. The second-order valence-electron chi connectivity index (χ2n) is 2.88. The number of hydrogen-bond donors (Lipinski definition) is 0. The highest BCUT2D eigenvalue weighted by Crippen LogP contribution is 2.07. The molecule has 0 saturated heterocycles. The Kier molecular flexibility index (Phi) is 4.06. The topological polar surface area (TPSA) is 18.5 Å². The smallest absolute Gasteiger partial charge is 0.189 e. The first-order valence-electron chi connectivity index (χ1n) is 4.19. The van der Waals surface area contributed by atoms with E-state index in [1.54, 1.807) is 0 Å². The van der Waals surface area contributed by atoms with Gasteiger partial charge in [0, 0.05) is 0 Å². The molecule has 0 saturated carbocycles. The van der Waals surface area contributed by atoms with Gasteiger partial charge >= 0.3 is 0 Å². The van der Waals surface area contributed by atoms with Crippen LogP contribution in [0.2, 0.25) is 0 Å². The van der Waals surface area contributed by atoms with Crippen LogP contribution in [0.25, 0.3) is 0 Å². The maximum atomic E-state index is 5.29. The molecule has 0 aliphatic heterocycles. The summed E-state index contributed by atoms with van der Waals surface area (Å²) in [7, 11) is 0. The Balaban J connectivity index is 2.17. The van der Waals surface area contributed by atoms with E-state index in [0.29, 0.717) is 6.61 Å². The molecule has 2 heteroatoms. The highest BCUT2D eigenvalue weighted by molar-refractivity contribution is 5.20. The fourth-order valence-electron chi connectivity index (χ4n) is 0.842. The molecule has 13 heavy (non-hydrogen) atoms. The lowest BCUT2D eigenvalue weighted by Crippen LogP contribution is -2.04. The molecule has 0 radical (unpaired) electrons. The summed E-state index contributed by atoms with van der Waals surface area (Å²) in [6.45, 7) is 6.46. The summed E-state index contributed by atoms with van der Waals surface area (Å²) in [4.78, 5) is 0. The van der Waals surface area contributed by atoms with Crippen LogP contribution in [0.1, 0.15) is 6.92 Å². The van der Waals surface area contributed by atoms with Gasteiger partial charge < -0.3 is 9.47 Å². The number of rotatable bonds is 5. The Bertz CT molecular complexity index is 254. The van der Waals surface area contributed by atoms with Crippen molar-refractivity contribution in [2.24, 2.45) is 0 Å². The van der Waals surface area contributed by atoms with E-state index >= 15 is 0 Å². The second kappa shape index (κ2) is 5.38. The van der Waals surface area contributed by atoms with E-state index in [1.165, 1.54) is 0 Å². The quantitative estimate of drug-likeness (QED) is 0.392. The largest absolute Gasteiger partial charge is 0.468 e. The van der Waals surface area contributed by atoms with E-state index < -0.39 is 0 Å². The molecule has 1 aromatic carbocycles. The van der Waals surface area contributed by atoms with Gasteiger partial charge in [0.15, 0.2) is 6.79 Å². The van der Waals surface area contributed by atoms with Crippen molar-refractivity contribution in [3.8, 4) is 5.75 Å². The van der Waals surface area contributed by atoms with Crippen LogP contribution in [0.15, 0.2) is 42.5 Å². The molecule has 0 fully saturated rings. The fourth-order valence-corrected chi connectivity index (χ4v) is 0.842. The van der Waals surface area contributed by atoms with E-state index in [0.717, 1.165) is 11.3 Å².